The second kappa shape index (κ2) is 12.4. The van der Waals surface area contributed by atoms with E-state index in [-0.39, 0.29) is 0 Å². The van der Waals surface area contributed by atoms with E-state index in [2.05, 4.69) is 202 Å². The summed E-state index contributed by atoms with van der Waals surface area (Å²) in [5.74, 6) is 0.560. The number of aromatic nitrogens is 5. The Morgan fingerprint density at radius 3 is 1.73 bits per heavy atom. The molecule has 0 N–H and O–H groups in total. The van der Waals surface area contributed by atoms with Crippen molar-refractivity contribution in [3.8, 4) is 34.0 Å². The number of nitrogens with zero attached hydrogens (tertiary/aromatic N) is 5. The summed E-state index contributed by atoms with van der Waals surface area (Å²) in [5, 5.41) is 11.5. The van der Waals surface area contributed by atoms with Crippen LogP contribution >= 0.6 is 0 Å². The van der Waals surface area contributed by atoms with E-state index in [9.17, 15) is 0 Å². The third kappa shape index (κ3) is 4.43. The lowest BCUT2D eigenvalue weighted by Gasteiger charge is -2.11. The topological polar surface area (TPSA) is 53.2 Å². The normalized spacial score (nSPS) is 12.4. The summed E-state index contributed by atoms with van der Waals surface area (Å²) in [7, 11) is 0. The molecule has 0 amide bonds. The molecule has 64 heavy (non-hydrogen) atoms. The Labute approximate surface area is 364 Å². The van der Waals surface area contributed by atoms with Crippen LogP contribution in [0.25, 0.3) is 138 Å². The lowest BCUT2D eigenvalue weighted by Crippen LogP contribution is -2.03. The van der Waals surface area contributed by atoms with E-state index in [4.69, 9.17) is 14.4 Å². The lowest BCUT2D eigenvalue weighted by atomic mass is 10.0. The van der Waals surface area contributed by atoms with E-state index in [1.54, 1.807) is 0 Å². The predicted octanol–water partition coefficient (Wildman–Crippen LogP) is 15.1. The molecular formula is C58H33N5O. The van der Waals surface area contributed by atoms with Crippen molar-refractivity contribution < 1.29 is 4.42 Å². The zero-order chi connectivity index (χ0) is 41.6. The largest absolute Gasteiger partial charge is 0.437 e. The molecular weight excluding hydrogens is 783 g/mol. The van der Waals surface area contributed by atoms with Crippen LogP contribution in [-0.2, 0) is 0 Å². The van der Waals surface area contributed by atoms with Crippen LogP contribution in [0, 0.1) is 0 Å². The third-order valence-electron chi connectivity index (χ3n) is 13.6. The minimum Gasteiger partial charge on any atom is -0.437 e. The number of hydrogen-bond acceptors (Lipinski definition) is 3. The first-order valence-electron chi connectivity index (χ1n) is 21.7. The fourth-order valence-electron chi connectivity index (χ4n) is 10.9. The van der Waals surface area contributed by atoms with Gasteiger partial charge in [-0.3, -0.25) is 4.57 Å². The van der Waals surface area contributed by atoms with Crippen LogP contribution in [0.1, 0.15) is 0 Å². The Hall–Kier alpha value is -8.74. The average molecular weight is 816 g/mol. The second-order valence-electron chi connectivity index (χ2n) is 16.9. The number of para-hydroxylation sites is 5. The number of hydrogen-bond donors (Lipinski definition) is 0. The fraction of sp³-hybridized carbons (Fsp3) is 0. The highest BCUT2D eigenvalue weighted by molar-refractivity contribution is 6.36. The van der Waals surface area contributed by atoms with Crippen molar-refractivity contribution in [2.45, 2.75) is 0 Å². The van der Waals surface area contributed by atoms with Crippen LogP contribution in [0.4, 0.5) is 0 Å². The molecule has 0 bridgehead atoms. The average Bonchev–Trinajstić information content (AvgIpc) is 4.15. The molecule has 0 saturated carbocycles. The van der Waals surface area contributed by atoms with Crippen molar-refractivity contribution >= 4 is 104 Å². The van der Waals surface area contributed by atoms with Crippen LogP contribution in [-0.4, -0.2) is 23.5 Å². The van der Waals surface area contributed by atoms with Crippen molar-refractivity contribution in [2.24, 2.45) is 0 Å². The van der Waals surface area contributed by atoms with Crippen LogP contribution in [0.3, 0.4) is 0 Å². The third-order valence-corrected chi connectivity index (χ3v) is 13.6. The molecule has 0 fully saturated rings. The number of furan rings is 1. The van der Waals surface area contributed by atoms with Gasteiger partial charge in [0.05, 0.1) is 49.7 Å². The van der Waals surface area contributed by atoms with E-state index in [1.165, 1.54) is 65.4 Å². The van der Waals surface area contributed by atoms with E-state index < -0.39 is 0 Å². The van der Waals surface area contributed by atoms with Gasteiger partial charge in [0.1, 0.15) is 5.58 Å². The summed E-state index contributed by atoms with van der Waals surface area (Å²) in [6, 6.07) is 71.7. The van der Waals surface area contributed by atoms with Gasteiger partial charge in [0.25, 0.3) is 0 Å². The molecule has 0 atom stereocenters. The molecule has 0 spiro atoms. The van der Waals surface area contributed by atoms with Crippen molar-refractivity contribution in [3.05, 3.63) is 200 Å². The Bertz CT molecular complexity index is 4420. The van der Waals surface area contributed by atoms with Gasteiger partial charge >= 0.3 is 0 Å². The maximum Gasteiger partial charge on any atom is 0.238 e. The minimum absolute atomic E-state index is 0.553. The number of benzene rings is 9. The Kier molecular flexibility index (Phi) is 6.59. The first-order chi connectivity index (χ1) is 31.8. The molecule has 0 aliphatic heterocycles. The van der Waals surface area contributed by atoms with Gasteiger partial charge < -0.3 is 13.4 Å². The van der Waals surface area contributed by atoms with Gasteiger partial charge in [0.15, 0.2) is 0 Å². The Balaban J connectivity index is 1.06. The summed E-state index contributed by atoms with van der Waals surface area (Å²) in [5.41, 5.74) is 14.6. The maximum absolute atomic E-state index is 6.70. The number of rotatable bonds is 4. The van der Waals surface area contributed by atoms with Crippen molar-refractivity contribution in [1.82, 2.24) is 23.5 Å². The van der Waals surface area contributed by atoms with Gasteiger partial charge in [-0.2, -0.15) is 4.98 Å². The van der Waals surface area contributed by atoms with Crippen LogP contribution in [0.15, 0.2) is 205 Å². The molecule has 296 valence electrons. The second-order valence-corrected chi connectivity index (χ2v) is 16.9. The van der Waals surface area contributed by atoms with Gasteiger partial charge in [-0.25, -0.2) is 4.98 Å². The summed E-state index contributed by atoms with van der Waals surface area (Å²) in [4.78, 5) is 11.0. The molecule has 15 aromatic rings. The molecule has 0 unspecified atom stereocenters. The summed E-state index contributed by atoms with van der Waals surface area (Å²) in [6.45, 7) is 0. The molecule has 0 saturated heterocycles. The standard InChI is InChI=1S/C58H33N5O/c1-3-15-34(16-4-1)35-27-29-40-44-33-50-52(53-42-21-9-12-24-46(42)62(56(44)53)49(40)31-35)41-20-8-13-25-47(41)63(50)58-59-55(54-43-22-10-14-26-51(43)64-57(54)60-58)36-28-30-39-38-19-7-11-23-45(38)61(48(39)32-36)37-17-5-2-6-18-37/h1-33H. The monoisotopic (exact) mass is 815 g/mol. The quantitative estimate of drug-likeness (QED) is 0.178. The van der Waals surface area contributed by atoms with E-state index >= 15 is 0 Å². The van der Waals surface area contributed by atoms with Gasteiger partial charge in [-0.15, -0.1) is 0 Å². The molecule has 0 radical (unpaired) electrons. The molecule has 0 aliphatic rings. The van der Waals surface area contributed by atoms with Gasteiger partial charge in [0.2, 0.25) is 11.7 Å². The first kappa shape index (κ1) is 33.9. The summed E-state index contributed by atoms with van der Waals surface area (Å²) < 4.78 is 13.8. The highest BCUT2D eigenvalue weighted by Crippen LogP contribution is 2.48. The molecule has 6 aromatic heterocycles. The highest BCUT2D eigenvalue weighted by atomic mass is 16.3. The maximum atomic E-state index is 6.70. The van der Waals surface area contributed by atoms with Gasteiger partial charge in [0, 0.05) is 59.7 Å². The molecule has 6 nitrogen and oxygen atoms in total. The van der Waals surface area contributed by atoms with Crippen LogP contribution in [0.5, 0.6) is 0 Å². The molecule has 9 aromatic carbocycles. The Morgan fingerprint density at radius 1 is 0.344 bits per heavy atom. The van der Waals surface area contributed by atoms with E-state index in [0.29, 0.717) is 11.7 Å². The fourth-order valence-corrected chi connectivity index (χ4v) is 10.9. The van der Waals surface area contributed by atoms with Crippen molar-refractivity contribution in [2.75, 3.05) is 0 Å². The zero-order valence-electron chi connectivity index (χ0n) is 34.2. The van der Waals surface area contributed by atoms with Crippen molar-refractivity contribution in [1.29, 1.82) is 0 Å². The number of fused-ring (bicyclic) bond motifs is 16. The van der Waals surface area contributed by atoms with Crippen LogP contribution in [0.2, 0.25) is 0 Å². The molecule has 6 heterocycles. The van der Waals surface area contributed by atoms with Gasteiger partial charge in [-0.1, -0.05) is 146 Å². The summed E-state index contributed by atoms with van der Waals surface area (Å²) >= 11 is 0. The first-order valence-corrected chi connectivity index (χ1v) is 21.7. The van der Waals surface area contributed by atoms with Crippen LogP contribution < -0.4 is 0 Å². The molecule has 15 rings (SSSR count). The SMILES string of the molecule is c1ccc(-c2ccc3c4cc5c(c6ccccc6n5-c5nc(-c6ccc7c8ccccc8n(-c8ccccc8)c7c6)c6c(n5)oc5ccccc56)c5c6ccccc6n(c3c2)c45)cc1. The lowest BCUT2D eigenvalue weighted by molar-refractivity contribution is 0.651. The predicted molar refractivity (Wildman–Crippen MR) is 264 cm³/mol. The summed E-state index contributed by atoms with van der Waals surface area (Å²) in [6.07, 6.45) is 0. The molecule has 6 heteroatoms. The smallest absolute Gasteiger partial charge is 0.238 e. The van der Waals surface area contributed by atoms with E-state index in [0.717, 1.165) is 60.8 Å². The highest BCUT2D eigenvalue weighted by Gasteiger charge is 2.27. The Morgan fingerprint density at radius 2 is 0.938 bits per heavy atom. The zero-order valence-corrected chi connectivity index (χ0v) is 34.2. The van der Waals surface area contributed by atoms with Crippen molar-refractivity contribution in [3.63, 3.8) is 0 Å². The van der Waals surface area contributed by atoms with E-state index in [1.807, 2.05) is 12.1 Å². The minimum atomic E-state index is 0.553. The van der Waals surface area contributed by atoms with Gasteiger partial charge in [-0.05, 0) is 65.7 Å². The molecule has 0 aliphatic carbocycles.